The summed E-state index contributed by atoms with van der Waals surface area (Å²) in [5, 5.41) is 16.9. The van der Waals surface area contributed by atoms with Gasteiger partial charge in [0.2, 0.25) is 0 Å². The molecule has 1 saturated heterocycles. The summed E-state index contributed by atoms with van der Waals surface area (Å²) in [5.41, 5.74) is 2.33. The van der Waals surface area contributed by atoms with Crippen molar-refractivity contribution in [2.24, 2.45) is 0 Å². The molecule has 0 radical (unpaired) electrons. The van der Waals surface area contributed by atoms with Crippen LogP contribution in [-0.2, 0) is 6.54 Å². The van der Waals surface area contributed by atoms with Gasteiger partial charge in [-0.25, -0.2) is 4.68 Å². The summed E-state index contributed by atoms with van der Waals surface area (Å²) in [7, 11) is 0. The van der Waals surface area contributed by atoms with E-state index >= 15 is 0 Å². The van der Waals surface area contributed by atoms with Crippen LogP contribution in [0.25, 0.3) is 5.65 Å². The molecule has 8 nitrogen and oxygen atoms in total. The molecule has 1 atom stereocenters. The van der Waals surface area contributed by atoms with Crippen molar-refractivity contribution in [2.75, 3.05) is 13.1 Å². The van der Waals surface area contributed by atoms with E-state index in [1.54, 1.807) is 10.9 Å². The molecule has 1 aromatic carbocycles. The van der Waals surface area contributed by atoms with E-state index in [0.29, 0.717) is 18.8 Å². The highest BCUT2D eigenvalue weighted by molar-refractivity contribution is 5.92. The highest BCUT2D eigenvalue weighted by atomic mass is 16.2. The predicted octanol–water partition coefficient (Wildman–Crippen LogP) is 2.39. The summed E-state index contributed by atoms with van der Waals surface area (Å²) in [5.74, 6) is 0.984. The molecule has 1 unspecified atom stereocenters. The monoisotopic (exact) mass is 387 g/mol. The fourth-order valence-electron chi connectivity index (χ4n) is 3.92. The number of hydrogen-bond donors (Lipinski definition) is 0. The Balaban J connectivity index is 1.31. The molecule has 4 heterocycles. The maximum absolute atomic E-state index is 13.0. The minimum Gasteiger partial charge on any atom is -0.336 e. The third kappa shape index (κ3) is 3.49. The zero-order valence-electron chi connectivity index (χ0n) is 15.9. The quantitative estimate of drug-likeness (QED) is 0.537. The van der Waals surface area contributed by atoms with Crippen molar-refractivity contribution >= 4 is 11.6 Å². The molecule has 0 saturated carbocycles. The third-order valence-corrected chi connectivity index (χ3v) is 5.36. The largest absolute Gasteiger partial charge is 0.336 e. The molecule has 29 heavy (non-hydrogen) atoms. The average molecular weight is 387 g/mol. The number of benzene rings is 1. The van der Waals surface area contributed by atoms with Crippen LogP contribution in [0, 0.1) is 0 Å². The molecule has 0 aliphatic carbocycles. The van der Waals surface area contributed by atoms with Crippen LogP contribution < -0.4 is 0 Å². The maximum Gasteiger partial charge on any atom is 0.276 e. The summed E-state index contributed by atoms with van der Waals surface area (Å²) < 4.78 is 3.71. The number of hydrogen-bond acceptors (Lipinski definition) is 5. The van der Waals surface area contributed by atoms with Gasteiger partial charge in [0, 0.05) is 25.2 Å². The first kappa shape index (κ1) is 17.5. The molecule has 5 rings (SSSR count). The van der Waals surface area contributed by atoms with Crippen LogP contribution >= 0.6 is 0 Å². The first-order chi connectivity index (χ1) is 14.3. The van der Waals surface area contributed by atoms with E-state index in [1.165, 1.54) is 0 Å². The van der Waals surface area contributed by atoms with Crippen molar-refractivity contribution in [1.82, 2.24) is 34.5 Å². The molecule has 146 valence electrons. The van der Waals surface area contributed by atoms with Gasteiger partial charge < -0.3 is 4.90 Å². The van der Waals surface area contributed by atoms with Gasteiger partial charge in [-0.1, -0.05) is 41.6 Å². The lowest BCUT2D eigenvalue weighted by atomic mass is 9.97. The molecule has 0 spiro atoms. The van der Waals surface area contributed by atoms with E-state index in [2.05, 4.69) is 20.5 Å². The molecule has 0 bridgehead atoms. The number of amides is 1. The van der Waals surface area contributed by atoms with Crippen LogP contribution in [0.5, 0.6) is 0 Å². The number of aromatic nitrogens is 6. The highest BCUT2D eigenvalue weighted by Crippen LogP contribution is 2.26. The van der Waals surface area contributed by atoms with Crippen LogP contribution in [-0.4, -0.2) is 53.5 Å². The number of carbonyl (C=O) groups is 1. The molecular formula is C21H21N7O. The number of fused-ring (bicyclic) bond motifs is 1. The van der Waals surface area contributed by atoms with Crippen LogP contribution in [0.2, 0.25) is 0 Å². The lowest BCUT2D eigenvalue weighted by Gasteiger charge is -2.31. The van der Waals surface area contributed by atoms with E-state index in [4.69, 9.17) is 0 Å². The molecule has 3 aromatic heterocycles. The van der Waals surface area contributed by atoms with Crippen LogP contribution in [0.1, 0.15) is 40.6 Å². The number of likely N-dealkylation sites (tertiary alicyclic amines) is 1. The summed E-state index contributed by atoms with van der Waals surface area (Å²) in [6, 6.07) is 15.9. The van der Waals surface area contributed by atoms with Gasteiger partial charge in [0.25, 0.3) is 5.91 Å². The highest BCUT2D eigenvalue weighted by Gasteiger charge is 2.29. The number of carbonyl (C=O) groups excluding carboxylic acids is 1. The summed E-state index contributed by atoms with van der Waals surface area (Å²) >= 11 is 0. The third-order valence-electron chi connectivity index (χ3n) is 5.36. The summed E-state index contributed by atoms with van der Waals surface area (Å²) in [4.78, 5) is 14.9. The lowest BCUT2D eigenvalue weighted by molar-refractivity contribution is 0.0698. The second-order valence-electron chi connectivity index (χ2n) is 7.36. The van der Waals surface area contributed by atoms with Gasteiger partial charge in [0.05, 0.1) is 12.7 Å². The smallest absolute Gasteiger partial charge is 0.276 e. The number of piperidine rings is 1. The molecule has 1 fully saturated rings. The maximum atomic E-state index is 13.0. The van der Waals surface area contributed by atoms with E-state index in [0.717, 1.165) is 36.4 Å². The van der Waals surface area contributed by atoms with Crippen molar-refractivity contribution in [1.29, 1.82) is 0 Å². The Kier molecular flexibility index (Phi) is 4.51. The lowest BCUT2D eigenvalue weighted by Crippen LogP contribution is -2.39. The molecule has 1 amide bonds. The minimum atomic E-state index is -0.0807. The molecule has 8 heteroatoms. The zero-order valence-corrected chi connectivity index (χ0v) is 15.9. The van der Waals surface area contributed by atoms with Gasteiger partial charge in [-0.05, 0) is 30.5 Å². The van der Waals surface area contributed by atoms with E-state index in [9.17, 15) is 4.79 Å². The van der Waals surface area contributed by atoms with Gasteiger partial charge in [0.1, 0.15) is 5.82 Å². The first-order valence-electron chi connectivity index (χ1n) is 9.81. The topological polar surface area (TPSA) is 81.2 Å². The van der Waals surface area contributed by atoms with Crippen molar-refractivity contribution in [3.63, 3.8) is 0 Å². The van der Waals surface area contributed by atoms with Crippen molar-refractivity contribution in [3.05, 3.63) is 78.0 Å². The second kappa shape index (κ2) is 7.46. The molecule has 1 aliphatic heterocycles. The average Bonchev–Trinajstić information content (AvgIpc) is 3.41. The number of pyridine rings is 1. The normalized spacial score (nSPS) is 17.0. The molecule has 0 N–H and O–H groups in total. The van der Waals surface area contributed by atoms with Gasteiger partial charge in [0.15, 0.2) is 11.3 Å². The summed E-state index contributed by atoms with van der Waals surface area (Å²) in [6.07, 6.45) is 5.61. The van der Waals surface area contributed by atoms with E-state index < -0.39 is 0 Å². The van der Waals surface area contributed by atoms with Crippen LogP contribution in [0.4, 0.5) is 0 Å². The Morgan fingerprint density at radius 2 is 1.90 bits per heavy atom. The standard InChI is InChI=1S/C21H21N7O/c29-21(18-15-27(25-22-18)13-16-7-2-1-3-8-16)26-11-6-9-17(14-26)20-24-23-19-10-4-5-12-28(19)20/h1-5,7-8,10,12,15,17H,6,9,11,13-14H2. The molecule has 1 aliphatic rings. The fourth-order valence-corrected chi connectivity index (χ4v) is 3.92. The number of rotatable bonds is 4. The SMILES string of the molecule is O=C(c1cn(Cc2ccccc2)nn1)N1CCCC(c2nnc3ccccn23)C1. The van der Waals surface area contributed by atoms with Crippen molar-refractivity contribution < 1.29 is 4.79 Å². The first-order valence-corrected chi connectivity index (χ1v) is 9.81. The zero-order chi connectivity index (χ0) is 19.6. The van der Waals surface area contributed by atoms with E-state index in [1.807, 2.05) is 64.0 Å². The van der Waals surface area contributed by atoms with Gasteiger partial charge >= 0.3 is 0 Å². The Morgan fingerprint density at radius 1 is 1.03 bits per heavy atom. The fraction of sp³-hybridized carbons (Fsp3) is 0.286. The molecular weight excluding hydrogens is 366 g/mol. The number of nitrogens with zero attached hydrogens (tertiary/aromatic N) is 7. The predicted molar refractivity (Wildman–Crippen MR) is 106 cm³/mol. The van der Waals surface area contributed by atoms with Crippen molar-refractivity contribution in [3.8, 4) is 0 Å². The molecule has 4 aromatic rings. The Morgan fingerprint density at radius 3 is 2.79 bits per heavy atom. The Labute approximate surface area is 167 Å². The van der Waals surface area contributed by atoms with Gasteiger partial charge in [-0.2, -0.15) is 0 Å². The second-order valence-corrected chi connectivity index (χ2v) is 7.36. The summed E-state index contributed by atoms with van der Waals surface area (Å²) in [6.45, 7) is 1.92. The van der Waals surface area contributed by atoms with E-state index in [-0.39, 0.29) is 11.8 Å². The van der Waals surface area contributed by atoms with Crippen LogP contribution in [0.3, 0.4) is 0 Å². The van der Waals surface area contributed by atoms with Crippen molar-refractivity contribution in [2.45, 2.75) is 25.3 Å². The Hall–Kier alpha value is -3.55. The van der Waals surface area contributed by atoms with Gasteiger partial charge in [-0.3, -0.25) is 9.20 Å². The van der Waals surface area contributed by atoms with Crippen LogP contribution in [0.15, 0.2) is 60.9 Å². The Bertz CT molecular complexity index is 1130. The van der Waals surface area contributed by atoms with Gasteiger partial charge in [-0.15, -0.1) is 15.3 Å². The minimum absolute atomic E-state index is 0.0807.